The Kier molecular flexibility index (Phi) is 15.0. The third-order valence-corrected chi connectivity index (χ3v) is 14.6. The SMILES string of the molecule is CN=CCCCC(=O)O[C@H]1C[C@H]2OC[C@@]2(OC(C)=O)[C@H]2[C@H](OC(=O)c3ccccc3)[C@]3(O)C[C@H](OC(=O)[C@H](O)[C@H](NC(=O)c4ccccc4)c4ccccc4)C(C)=C([C@@H](OC(C)=O)C(=O)[C@]12C)C3(C)C. The molecular weight excluding hydrogens is 905 g/mol. The second-order valence-corrected chi connectivity index (χ2v) is 19.1. The van der Waals surface area contributed by atoms with E-state index in [1.54, 1.807) is 106 Å². The van der Waals surface area contributed by atoms with Gasteiger partial charge >= 0.3 is 29.8 Å². The first-order chi connectivity index (χ1) is 33.2. The Morgan fingerprint density at radius 3 is 2.04 bits per heavy atom. The number of fused-ring (bicyclic) bond motifs is 5. The number of rotatable bonds is 15. The van der Waals surface area contributed by atoms with Gasteiger partial charge in [0.05, 0.1) is 29.5 Å². The number of esters is 5. The van der Waals surface area contributed by atoms with Gasteiger partial charge in [-0.15, -0.1) is 0 Å². The number of aliphatic imine (C=N–C) groups is 1. The van der Waals surface area contributed by atoms with E-state index in [4.69, 9.17) is 28.4 Å². The zero-order valence-corrected chi connectivity index (χ0v) is 40.2. The van der Waals surface area contributed by atoms with Crippen LogP contribution in [0.15, 0.2) is 107 Å². The van der Waals surface area contributed by atoms with E-state index in [-0.39, 0.29) is 41.7 Å². The van der Waals surface area contributed by atoms with Crippen molar-refractivity contribution in [1.29, 1.82) is 0 Å². The smallest absolute Gasteiger partial charge is 0.338 e. The number of Topliss-reactive ketones (excluding diaryl/α,β-unsaturated/α-hetero) is 1. The van der Waals surface area contributed by atoms with Crippen molar-refractivity contribution < 1.29 is 72.2 Å². The molecule has 3 N–H and O–H groups in total. The normalized spacial score (nSPS) is 29.6. The molecule has 0 aromatic heterocycles. The number of carbonyl (C=O) groups excluding carboxylic acids is 7. The van der Waals surface area contributed by atoms with Crippen LogP contribution in [0.25, 0.3) is 0 Å². The monoisotopic (exact) mass is 964 g/mol. The maximum atomic E-state index is 16.1. The first-order valence-electron chi connectivity index (χ1n) is 23.3. The molecule has 1 aliphatic heterocycles. The highest BCUT2D eigenvalue weighted by Gasteiger charge is 2.79. The van der Waals surface area contributed by atoms with Crippen LogP contribution in [-0.2, 0) is 52.4 Å². The van der Waals surface area contributed by atoms with Gasteiger partial charge in [0.2, 0.25) is 0 Å². The Morgan fingerprint density at radius 2 is 1.47 bits per heavy atom. The Bertz CT molecular complexity index is 2550. The molecule has 2 bridgehead atoms. The number of hydrogen-bond acceptors (Lipinski definition) is 16. The fourth-order valence-electron chi connectivity index (χ4n) is 11.0. The van der Waals surface area contributed by atoms with Crippen LogP contribution in [0.2, 0.25) is 0 Å². The third kappa shape index (κ3) is 9.41. The second-order valence-electron chi connectivity index (χ2n) is 19.1. The molecule has 1 saturated heterocycles. The molecule has 7 rings (SSSR count). The van der Waals surface area contributed by atoms with Crippen molar-refractivity contribution in [1.82, 2.24) is 5.32 Å². The van der Waals surface area contributed by atoms with Crippen LogP contribution in [0.3, 0.4) is 0 Å². The Morgan fingerprint density at radius 1 is 0.857 bits per heavy atom. The molecule has 3 aromatic carbocycles. The van der Waals surface area contributed by atoms with Crippen LogP contribution in [-0.4, -0.2) is 119 Å². The number of benzene rings is 3. The van der Waals surface area contributed by atoms with Crippen molar-refractivity contribution in [3.63, 3.8) is 0 Å². The van der Waals surface area contributed by atoms with E-state index in [1.807, 2.05) is 0 Å². The minimum Gasteiger partial charge on any atom is -0.461 e. The highest BCUT2D eigenvalue weighted by atomic mass is 16.6. The summed E-state index contributed by atoms with van der Waals surface area (Å²) in [4.78, 5) is 103. The van der Waals surface area contributed by atoms with E-state index in [2.05, 4.69) is 10.3 Å². The van der Waals surface area contributed by atoms with Crippen LogP contribution in [0, 0.1) is 16.7 Å². The first-order valence-corrected chi connectivity index (χ1v) is 23.3. The predicted molar refractivity (Wildman–Crippen MR) is 250 cm³/mol. The van der Waals surface area contributed by atoms with Gasteiger partial charge in [-0.1, -0.05) is 80.6 Å². The maximum absolute atomic E-state index is 16.1. The Hall–Kier alpha value is -6.56. The van der Waals surface area contributed by atoms with Crippen LogP contribution >= 0.6 is 0 Å². The molecule has 0 spiro atoms. The summed E-state index contributed by atoms with van der Waals surface area (Å²) in [5.41, 5.74) is -7.33. The molecule has 0 unspecified atom stereocenters. The summed E-state index contributed by atoms with van der Waals surface area (Å²) in [5, 5.41) is 28.6. The van der Waals surface area contributed by atoms with Crippen molar-refractivity contribution in [2.24, 2.45) is 21.7 Å². The maximum Gasteiger partial charge on any atom is 0.338 e. The Balaban J connectivity index is 1.41. The van der Waals surface area contributed by atoms with Crippen LogP contribution in [0.1, 0.15) is 106 Å². The van der Waals surface area contributed by atoms with E-state index in [1.165, 1.54) is 26.0 Å². The number of unbranched alkanes of at least 4 members (excludes halogenated alkanes) is 1. The van der Waals surface area contributed by atoms with Crippen LogP contribution < -0.4 is 5.32 Å². The minimum absolute atomic E-state index is 0.0244. The van der Waals surface area contributed by atoms with Crippen molar-refractivity contribution in [2.45, 2.75) is 128 Å². The lowest BCUT2D eigenvalue weighted by Gasteiger charge is -2.67. The highest BCUT2D eigenvalue weighted by molar-refractivity contribution is 5.96. The van der Waals surface area contributed by atoms with Gasteiger partial charge < -0.3 is 48.9 Å². The molecule has 17 heteroatoms. The molecule has 17 nitrogen and oxygen atoms in total. The summed E-state index contributed by atoms with van der Waals surface area (Å²) in [6, 6.07) is 22.9. The first kappa shape index (κ1) is 51.3. The zero-order chi connectivity index (χ0) is 50.8. The standard InChI is InChI=1S/C53H60N2O15/c1-30-36(67-49(63)42(59)41(33-19-11-8-12-20-33)55-47(61)34-21-13-9-14-22-34)28-53(64)46(69-48(62)35-23-15-10-16-24-35)44-51(6,45(60)43(66-31(2)56)40(30)50(53,4)5)37(68-39(58)25-17-18-26-54-7)27-38-52(44,29-65-38)70-32(3)57/h8-16,19-24,26,36-38,41-44,46,59,64H,17-18,25,27-29H2,1-7H3,(H,55,61)/t36-,37-,38+,41+,42+,43+,44-,46-,51+,52-,53+/m0/s1. The van der Waals surface area contributed by atoms with Gasteiger partial charge in [-0.25, -0.2) is 9.59 Å². The van der Waals surface area contributed by atoms with Crippen LogP contribution in [0.4, 0.5) is 0 Å². The number of ether oxygens (including phenoxy) is 6. The number of aliphatic hydroxyl groups excluding tert-OH is 1. The van der Waals surface area contributed by atoms with Crippen molar-refractivity contribution in [2.75, 3.05) is 13.7 Å². The molecule has 3 aliphatic carbocycles. The predicted octanol–water partition coefficient (Wildman–Crippen LogP) is 5.16. The lowest BCUT2D eigenvalue weighted by atomic mass is 9.44. The lowest BCUT2D eigenvalue weighted by Crippen LogP contribution is -2.82. The average Bonchev–Trinajstić information content (AvgIpc) is 3.33. The van der Waals surface area contributed by atoms with Crippen molar-refractivity contribution >= 4 is 47.8 Å². The van der Waals surface area contributed by atoms with Crippen LogP contribution in [0.5, 0.6) is 0 Å². The largest absolute Gasteiger partial charge is 0.461 e. The molecule has 1 amide bonds. The van der Waals surface area contributed by atoms with Crippen molar-refractivity contribution in [3.05, 3.63) is 119 Å². The summed E-state index contributed by atoms with van der Waals surface area (Å²) in [5.74, 6) is -7.69. The Labute approximate surface area is 405 Å². The van der Waals surface area contributed by atoms with Gasteiger partial charge in [-0.3, -0.25) is 24.0 Å². The number of ketones is 1. The summed E-state index contributed by atoms with van der Waals surface area (Å²) in [6.45, 7) is 7.99. The lowest BCUT2D eigenvalue weighted by molar-refractivity contribution is -0.346. The summed E-state index contributed by atoms with van der Waals surface area (Å²) in [7, 11) is 1.60. The van der Waals surface area contributed by atoms with Gasteiger partial charge in [0.1, 0.15) is 30.0 Å². The number of amides is 1. The van der Waals surface area contributed by atoms with Crippen molar-refractivity contribution in [3.8, 4) is 0 Å². The highest BCUT2D eigenvalue weighted by Crippen LogP contribution is 2.65. The number of nitrogens with one attached hydrogen (secondary N) is 1. The number of nitrogens with zero attached hydrogens (tertiary/aromatic N) is 1. The van der Waals surface area contributed by atoms with Gasteiger partial charge in [-0.05, 0) is 73.9 Å². The molecule has 3 fully saturated rings. The topological polar surface area (TPSA) is 240 Å². The molecular formula is C53H60N2O15. The minimum atomic E-state index is -2.45. The van der Waals surface area contributed by atoms with Gasteiger partial charge in [0.15, 0.2) is 23.6 Å². The van der Waals surface area contributed by atoms with E-state index in [9.17, 15) is 39.0 Å². The molecule has 4 aliphatic rings. The molecule has 3 aromatic rings. The van der Waals surface area contributed by atoms with E-state index >= 15 is 4.79 Å². The second kappa shape index (κ2) is 20.4. The fraction of sp³-hybridized carbons (Fsp3) is 0.472. The van der Waals surface area contributed by atoms with Gasteiger partial charge in [0.25, 0.3) is 5.91 Å². The molecule has 0 radical (unpaired) electrons. The number of hydrogen-bond donors (Lipinski definition) is 3. The molecule has 2 saturated carbocycles. The molecule has 70 heavy (non-hydrogen) atoms. The summed E-state index contributed by atoms with van der Waals surface area (Å²) < 4.78 is 37.2. The van der Waals surface area contributed by atoms with E-state index < -0.39 is 119 Å². The van der Waals surface area contributed by atoms with Gasteiger partial charge in [-0.2, -0.15) is 0 Å². The van der Waals surface area contributed by atoms with Gasteiger partial charge in [0, 0.05) is 51.1 Å². The number of carbonyl (C=O) groups is 7. The van der Waals surface area contributed by atoms with E-state index in [0.717, 1.165) is 13.8 Å². The fourth-order valence-corrected chi connectivity index (χ4v) is 11.0. The molecule has 372 valence electrons. The summed E-state index contributed by atoms with van der Waals surface area (Å²) >= 11 is 0. The molecule has 1 heterocycles. The third-order valence-electron chi connectivity index (χ3n) is 14.6. The zero-order valence-electron chi connectivity index (χ0n) is 40.2. The summed E-state index contributed by atoms with van der Waals surface area (Å²) in [6.07, 6.45) is -8.25. The van der Waals surface area contributed by atoms with E-state index in [0.29, 0.717) is 18.4 Å². The number of aliphatic hydroxyl groups is 2. The quantitative estimate of drug-likeness (QED) is 0.0586. The molecule has 11 atom stereocenters. The average molecular weight is 965 g/mol.